The fraction of sp³-hybridized carbons (Fsp3) is 0.875. The van der Waals surface area contributed by atoms with Crippen LogP contribution in [-0.2, 0) is 9.53 Å². The van der Waals surface area contributed by atoms with E-state index in [0.29, 0.717) is 13.0 Å². The first-order chi connectivity index (χ1) is 20.7. The van der Waals surface area contributed by atoms with Crippen molar-refractivity contribution in [3.05, 3.63) is 24.3 Å². The molecule has 0 bridgehead atoms. The molecule has 0 aromatic carbocycles. The molecule has 0 aromatic heterocycles. The van der Waals surface area contributed by atoms with E-state index in [1.54, 1.807) is 0 Å². The standard InChI is InChI=1S/C40H76O2/c1-4-6-7-8-9-10-11-12-15-19-22-25-28-31-34-37-40(41)42-38-35-32-29-26-23-20-17-14-13-16-18-21-24-27-30-33-36-39(3)5-2/h9-10,12,15,39H,4-8,11,13-14,16-38H2,1-3H3/b10-9-,15-12-. The Morgan fingerprint density at radius 1 is 0.524 bits per heavy atom. The lowest BCUT2D eigenvalue weighted by molar-refractivity contribution is -0.143. The summed E-state index contributed by atoms with van der Waals surface area (Å²) in [5.41, 5.74) is 0. The minimum absolute atomic E-state index is 0.0118. The number of hydrogen-bond acceptors (Lipinski definition) is 2. The van der Waals surface area contributed by atoms with Crippen molar-refractivity contribution in [2.24, 2.45) is 5.92 Å². The second-order valence-corrected chi connectivity index (χ2v) is 13.2. The third-order valence-electron chi connectivity index (χ3n) is 8.88. The van der Waals surface area contributed by atoms with Crippen molar-refractivity contribution in [1.82, 2.24) is 0 Å². The molecule has 2 heteroatoms. The van der Waals surface area contributed by atoms with Gasteiger partial charge in [-0.25, -0.2) is 0 Å². The van der Waals surface area contributed by atoms with E-state index in [-0.39, 0.29) is 5.97 Å². The quantitative estimate of drug-likeness (QED) is 0.0424. The lowest BCUT2D eigenvalue weighted by Gasteiger charge is -2.07. The SMILES string of the molecule is CCCCC/C=C\C/C=C\CCCCCCCC(=O)OCCCCCCCCCCCCCCCCCCC(C)CC. The number of ether oxygens (including phenoxy) is 1. The predicted octanol–water partition coefficient (Wildman–Crippen LogP) is 14.0. The minimum Gasteiger partial charge on any atom is -0.466 e. The molecule has 0 spiro atoms. The van der Waals surface area contributed by atoms with Crippen LogP contribution in [0.15, 0.2) is 24.3 Å². The molecule has 0 N–H and O–H groups in total. The highest BCUT2D eigenvalue weighted by Crippen LogP contribution is 2.16. The van der Waals surface area contributed by atoms with E-state index in [0.717, 1.165) is 31.6 Å². The Morgan fingerprint density at radius 3 is 1.45 bits per heavy atom. The molecule has 2 nitrogen and oxygen atoms in total. The molecule has 0 aliphatic heterocycles. The van der Waals surface area contributed by atoms with Gasteiger partial charge in [0, 0.05) is 6.42 Å². The van der Waals surface area contributed by atoms with Crippen molar-refractivity contribution in [3.8, 4) is 0 Å². The van der Waals surface area contributed by atoms with Crippen LogP contribution >= 0.6 is 0 Å². The number of esters is 1. The summed E-state index contributed by atoms with van der Waals surface area (Å²) in [6, 6.07) is 0. The topological polar surface area (TPSA) is 26.3 Å². The fourth-order valence-electron chi connectivity index (χ4n) is 5.61. The van der Waals surface area contributed by atoms with Crippen LogP contribution in [0.25, 0.3) is 0 Å². The molecule has 0 saturated heterocycles. The average Bonchev–Trinajstić information content (AvgIpc) is 3.00. The zero-order valence-corrected chi connectivity index (χ0v) is 29.1. The van der Waals surface area contributed by atoms with Gasteiger partial charge in [-0.15, -0.1) is 0 Å². The Kier molecular flexibility index (Phi) is 35.2. The summed E-state index contributed by atoms with van der Waals surface area (Å²) in [6.07, 6.45) is 48.1. The molecular weight excluding hydrogens is 512 g/mol. The summed E-state index contributed by atoms with van der Waals surface area (Å²) >= 11 is 0. The number of unbranched alkanes of at least 4 members (excludes halogenated alkanes) is 23. The second-order valence-electron chi connectivity index (χ2n) is 13.2. The van der Waals surface area contributed by atoms with Gasteiger partial charge in [0.2, 0.25) is 0 Å². The van der Waals surface area contributed by atoms with Crippen LogP contribution < -0.4 is 0 Å². The number of allylic oxidation sites excluding steroid dienone is 4. The molecule has 0 radical (unpaired) electrons. The van der Waals surface area contributed by atoms with Gasteiger partial charge in [0.1, 0.15) is 0 Å². The highest BCUT2D eigenvalue weighted by atomic mass is 16.5. The zero-order chi connectivity index (χ0) is 30.6. The molecule has 0 saturated carbocycles. The third kappa shape index (κ3) is 35.1. The van der Waals surface area contributed by atoms with Crippen LogP contribution in [0.1, 0.15) is 213 Å². The van der Waals surface area contributed by atoms with E-state index < -0.39 is 0 Å². The van der Waals surface area contributed by atoms with Crippen LogP contribution in [-0.4, -0.2) is 12.6 Å². The maximum Gasteiger partial charge on any atom is 0.305 e. The molecule has 0 aliphatic rings. The van der Waals surface area contributed by atoms with Crippen molar-refractivity contribution in [2.75, 3.05) is 6.61 Å². The predicted molar refractivity (Wildman–Crippen MR) is 188 cm³/mol. The molecule has 0 aliphatic carbocycles. The van der Waals surface area contributed by atoms with Crippen molar-refractivity contribution in [3.63, 3.8) is 0 Å². The van der Waals surface area contributed by atoms with Crippen LogP contribution in [0.4, 0.5) is 0 Å². The van der Waals surface area contributed by atoms with Crippen LogP contribution in [0.5, 0.6) is 0 Å². The minimum atomic E-state index is 0.0118. The highest BCUT2D eigenvalue weighted by Gasteiger charge is 2.03. The Morgan fingerprint density at radius 2 is 0.952 bits per heavy atom. The summed E-state index contributed by atoms with van der Waals surface area (Å²) in [7, 11) is 0. The Balaban J connectivity index is 3.21. The maximum absolute atomic E-state index is 11.9. The Bertz CT molecular complexity index is 578. The zero-order valence-electron chi connectivity index (χ0n) is 29.1. The molecule has 0 aromatic rings. The third-order valence-corrected chi connectivity index (χ3v) is 8.88. The molecule has 42 heavy (non-hydrogen) atoms. The van der Waals surface area contributed by atoms with Gasteiger partial charge in [0.25, 0.3) is 0 Å². The lowest BCUT2D eigenvalue weighted by atomic mass is 9.99. The van der Waals surface area contributed by atoms with E-state index >= 15 is 0 Å². The van der Waals surface area contributed by atoms with Gasteiger partial charge < -0.3 is 4.74 Å². The largest absolute Gasteiger partial charge is 0.466 e. The highest BCUT2D eigenvalue weighted by molar-refractivity contribution is 5.69. The lowest BCUT2D eigenvalue weighted by Crippen LogP contribution is -2.05. The van der Waals surface area contributed by atoms with Crippen molar-refractivity contribution < 1.29 is 9.53 Å². The number of carbonyl (C=O) groups excluding carboxylic acids is 1. The van der Waals surface area contributed by atoms with Gasteiger partial charge in [0.15, 0.2) is 0 Å². The van der Waals surface area contributed by atoms with Gasteiger partial charge >= 0.3 is 5.97 Å². The molecule has 248 valence electrons. The summed E-state index contributed by atoms with van der Waals surface area (Å²) in [6.45, 7) is 7.58. The first-order valence-electron chi connectivity index (χ1n) is 19.2. The van der Waals surface area contributed by atoms with Crippen molar-refractivity contribution in [2.45, 2.75) is 213 Å². The van der Waals surface area contributed by atoms with Gasteiger partial charge in [-0.1, -0.05) is 186 Å². The molecule has 0 fully saturated rings. The summed E-state index contributed by atoms with van der Waals surface area (Å²) in [4.78, 5) is 11.9. The number of carbonyl (C=O) groups is 1. The number of hydrogen-bond donors (Lipinski definition) is 0. The molecule has 0 rings (SSSR count). The second kappa shape index (κ2) is 36.1. The molecule has 1 atom stereocenters. The van der Waals surface area contributed by atoms with Crippen molar-refractivity contribution in [1.29, 1.82) is 0 Å². The fourth-order valence-corrected chi connectivity index (χ4v) is 5.61. The summed E-state index contributed by atoms with van der Waals surface area (Å²) < 4.78 is 5.44. The van der Waals surface area contributed by atoms with E-state index in [9.17, 15) is 4.79 Å². The first kappa shape index (κ1) is 41.0. The van der Waals surface area contributed by atoms with Crippen LogP contribution in [0.3, 0.4) is 0 Å². The van der Waals surface area contributed by atoms with E-state index in [4.69, 9.17) is 4.74 Å². The van der Waals surface area contributed by atoms with Crippen molar-refractivity contribution >= 4 is 5.97 Å². The van der Waals surface area contributed by atoms with Gasteiger partial charge in [0.05, 0.1) is 6.61 Å². The Hall–Kier alpha value is -1.05. The smallest absolute Gasteiger partial charge is 0.305 e. The monoisotopic (exact) mass is 589 g/mol. The van der Waals surface area contributed by atoms with Gasteiger partial charge in [-0.3, -0.25) is 4.79 Å². The van der Waals surface area contributed by atoms with Gasteiger partial charge in [-0.2, -0.15) is 0 Å². The first-order valence-corrected chi connectivity index (χ1v) is 19.2. The molecule has 1 unspecified atom stereocenters. The van der Waals surface area contributed by atoms with Gasteiger partial charge in [-0.05, 0) is 50.9 Å². The number of rotatable bonds is 34. The van der Waals surface area contributed by atoms with Crippen LogP contribution in [0.2, 0.25) is 0 Å². The van der Waals surface area contributed by atoms with E-state index in [2.05, 4.69) is 45.1 Å². The maximum atomic E-state index is 11.9. The summed E-state index contributed by atoms with van der Waals surface area (Å²) in [5, 5.41) is 0. The van der Waals surface area contributed by atoms with Crippen LogP contribution in [0, 0.1) is 5.92 Å². The molecule has 0 amide bonds. The average molecular weight is 589 g/mol. The summed E-state index contributed by atoms with van der Waals surface area (Å²) in [5.74, 6) is 0.940. The van der Waals surface area contributed by atoms with E-state index in [1.807, 2.05) is 0 Å². The Labute approximate surface area is 265 Å². The molecular formula is C40H76O2. The normalized spacial score (nSPS) is 12.5. The van der Waals surface area contributed by atoms with E-state index in [1.165, 1.54) is 161 Å². The molecule has 0 heterocycles.